The van der Waals surface area contributed by atoms with Crippen molar-refractivity contribution in [3.05, 3.63) is 71.8 Å². The van der Waals surface area contributed by atoms with Crippen molar-refractivity contribution in [1.82, 2.24) is 4.57 Å². The summed E-state index contributed by atoms with van der Waals surface area (Å²) in [5.74, 6) is -0.344. The molecule has 0 saturated heterocycles. The number of hydrogen-bond acceptors (Lipinski definition) is 4. The summed E-state index contributed by atoms with van der Waals surface area (Å²) in [7, 11) is 0.296. The van der Waals surface area contributed by atoms with Gasteiger partial charge in [0.25, 0.3) is 0 Å². The van der Waals surface area contributed by atoms with Gasteiger partial charge in [0, 0.05) is 0 Å². The molecule has 0 bridgehead atoms. The van der Waals surface area contributed by atoms with E-state index in [1.807, 2.05) is 74.5 Å². The number of ether oxygens (including phenoxy) is 1. The van der Waals surface area contributed by atoms with Crippen molar-refractivity contribution in [1.29, 1.82) is 0 Å². The van der Waals surface area contributed by atoms with E-state index in [0.717, 1.165) is 16.9 Å². The zero-order chi connectivity index (χ0) is 20.7. The smallest absolute Gasteiger partial charge is 0.342 e. The summed E-state index contributed by atoms with van der Waals surface area (Å²) in [6.45, 7) is 10.8. The van der Waals surface area contributed by atoms with Crippen LogP contribution in [-0.4, -0.2) is 38.1 Å². The molecule has 0 aliphatic carbocycles. The first-order valence-electron chi connectivity index (χ1n) is 9.57. The van der Waals surface area contributed by atoms with Gasteiger partial charge in [0.05, 0.1) is 23.7 Å². The molecule has 0 atom stereocenters. The predicted octanol–water partition coefficient (Wildman–Crippen LogP) is 5.52. The summed E-state index contributed by atoms with van der Waals surface area (Å²) >= 11 is 0. The lowest BCUT2D eigenvalue weighted by Crippen LogP contribution is -2.43. The number of nitrogens with zero attached hydrogens (tertiary/aromatic N) is 2. The third kappa shape index (κ3) is 5.42. The fourth-order valence-corrected chi connectivity index (χ4v) is 3.72. The van der Waals surface area contributed by atoms with Crippen molar-refractivity contribution in [2.45, 2.75) is 33.5 Å². The van der Waals surface area contributed by atoms with E-state index in [4.69, 9.17) is 9.73 Å². The van der Waals surface area contributed by atoms with Crippen LogP contribution in [0.15, 0.2) is 71.2 Å². The van der Waals surface area contributed by atoms with Crippen LogP contribution in [0.4, 0.5) is 5.69 Å². The van der Waals surface area contributed by atoms with E-state index in [2.05, 4.69) is 31.3 Å². The van der Waals surface area contributed by atoms with Crippen LogP contribution in [0.3, 0.4) is 0 Å². The number of para-hydroxylation sites is 1. The van der Waals surface area contributed by atoms with Gasteiger partial charge in [-0.1, -0.05) is 68.2 Å². The minimum atomic E-state index is -1.76. The van der Waals surface area contributed by atoms with Crippen LogP contribution in [0.2, 0.25) is 19.6 Å². The zero-order valence-electron chi connectivity index (χ0n) is 17.7. The highest BCUT2D eigenvalue weighted by molar-refractivity contribution is 6.74. The molecular weight excluding hydrogens is 364 g/mol. The summed E-state index contributed by atoms with van der Waals surface area (Å²) in [6.07, 6.45) is 0. The Kier molecular flexibility index (Phi) is 7.35. The predicted molar refractivity (Wildman–Crippen MR) is 120 cm³/mol. The first-order valence-corrected chi connectivity index (χ1v) is 13.0. The van der Waals surface area contributed by atoms with Crippen molar-refractivity contribution in [3.63, 3.8) is 0 Å². The first kappa shape index (κ1) is 21.6. The second-order valence-corrected chi connectivity index (χ2v) is 12.6. The van der Waals surface area contributed by atoms with Crippen molar-refractivity contribution in [2.75, 3.05) is 13.7 Å². The Hall–Kier alpha value is -2.66. The molecule has 2 rings (SSSR count). The molecule has 148 valence electrons. The van der Waals surface area contributed by atoms with Crippen molar-refractivity contribution in [3.8, 4) is 0 Å². The van der Waals surface area contributed by atoms with Gasteiger partial charge in [-0.25, -0.2) is 4.79 Å². The molecule has 0 N–H and O–H groups in total. The second-order valence-electron chi connectivity index (χ2n) is 7.57. The van der Waals surface area contributed by atoms with Gasteiger partial charge in [-0.3, -0.25) is 4.99 Å². The molecule has 2 aromatic rings. The van der Waals surface area contributed by atoms with Gasteiger partial charge in [0.1, 0.15) is 13.8 Å². The largest absolute Gasteiger partial charge is 0.462 e. The van der Waals surface area contributed by atoms with Crippen LogP contribution < -0.4 is 0 Å². The van der Waals surface area contributed by atoms with Crippen molar-refractivity contribution >= 4 is 31.3 Å². The fourth-order valence-electron chi connectivity index (χ4n) is 2.81. The average Bonchev–Trinajstić information content (AvgIpc) is 2.66. The zero-order valence-corrected chi connectivity index (χ0v) is 18.7. The van der Waals surface area contributed by atoms with Gasteiger partial charge in [0.2, 0.25) is 0 Å². The molecule has 0 aliphatic rings. The van der Waals surface area contributed by atoms with Crippen molar-refractivity contribution in [2.24, 2.45) is 4.99 Å². The Balaban J connectivity index is 2.77. The Morgan fingerprint density at radius 1 is 1.00 bits per heavy atom. The van der Waals surface area contributed by atoms with Crippen LogP contribution >= 0.6 is 0 Å². The summed E-state index contributed by atoms with van der Waals surface area (Å²) in [5, 5.41) is 0. The SMILES string of the molecule is CCOC(=O)C(C(C)=Nc1ccccc1)=C(c1ccccc1)N(C)[Si](C)(C)C. The number of carbonyl (C=O) groups is 1. The van der Waals surface area contributed by atoms with Gasteiger partial charge >= 0.3 is 5.97 Å². The van der Waals surface area contributed by atoms with Crippen LogP contribution in [0, 0.1) is 0 Å². The molecular formula is C23H30N2O2Si. The van der Waals surface area contributed by atoms with Gasteiger partial charge in [0.15, 0.2) is 0 Å². The van der Waals surface area contributed by atoms with E-state index in [1.165, 1.54) is 0 Å². The topological polar surface area (TPSA) is 41.9 Å². The molecule has 0 amide bonds. The molecule has 5 heteroatoms. The van der Waals surface area contributed by atoms with E-state index in [1.54, 1.807) is 0 Å². The Labute approximate surface area is 169 Å². The Morgan fingerprint density at radius 2 is 1.54 bits per heavy atom. The molecule has 28 heavy (non-hydrogen) atoms. The Bertz CT molecular complexity index is 853. The molecule has 0 aromatic heterocycles. The fraction of sp³-hybridized carbons (Fsp3) is 0.304. The summed E-state index contributed by atoms with van der Waals surface area (Å²) in [5.41, 5.74) is 3.83. The standard InChI is InChI=1S/C23H30N2O2Si/c1-7-27-23(26)21(18(2)24-20-16-12-9-13-17-20)22(25(3)28(4,5)6)19-14-10-8-11-15-19/h8-17H,7H2,1-6H3. The highest BCUT2D eigenvalue weighted by Gasteiger charge is 2.30. The molecule has 0 unspecified atom stereocenters. The number of hydrogen-bond donors (Lipinski definition) is 0. The number of esters is 1. The van der Waals surface area contributed by atoms with E-state index in [-0.39, 0.29) is 5.97 Å². The number of carbonyl (C=O) groups excluding carboxylic acids is 1. The minimum absolute atomic E-state index is 0.319. The van der Waals surface area contributed by atoms with E-state index in [0.29, 0.717) is 17.9 Å². The molecule has 0 saturated carbocycles. The van der Waals surface area contributed by atoms with Crippen molar-refractivity contribution < 1.29 is 9.53 Å². The first-order chi connectivity index (χ1) is 13.3. The Morgan fingerprint density at radius 3 is 2.04 bits per heavy atom. The third-order valence-corrected chi connectivity index (χ3v) is 6.76. The maximum absolute atomic E-state index is 13.0. The molecule has 0 heterocycles. The van der Waals surface area contributed by atoms with Gasteiger partial charge in [-0.15, -0.1) is 0 Å². The lowest BCUT2D eigenvalue weighted by molar-refractivity contribution is -0.137. The molecule has 0 radical (unpaired) electrons. The lowest BCUT2D eigenvalue weighted by atomic mass is 10.0. The van der Waals surface area contributed by atoms with E-state index < -0.39 is 8.24 Å². The second kappa shape index (κ2) is 9.51. The highest BCUT2D eigenvalue weighted by Crippen LogP contribution is 2.29. The van der Waals surface area contributed by atoms with Crippen LogP contribution in [-0.2, 0) is 9.53 Å². The normalized spacial score (nSPS) is 13.0. The maximum Gasteiger partial charge on any atom is 0.342 e. The number of benzene rings is 2. The average molecular weight is 395 g/mol. The van der Waals surface area contributed by atoms with Gasteiger partial charge in [-0.2, -0.15) is 0 Å². The number of aliphatic imine (C=N–C) groups is 1. The van der Waals surface area contributed by atoms with Crippen LogP contribution in [0.25, 0.3) is 5.70 Å². The highest BCUT2D eigenvalue weighted by atomic mass is 28.3. The van der Waals surface area contributed by atoms with Gasteiger partial charge in [-0.05, 0) is 38.6 Å². The molecule has 0 aliphatic heterocycles. The van der Waals surface area contributed by atoms with Gasteiger partial charge < -0.3 is 9.30 Å². The molecule has 4 nitrogen and oxygen atoms in total. The monoisotopic (exact) mass is 394 g/mol. The molecule has 0 fully saturated rings. The summed E-state index contributed by atoms with van der Waals surface area (Å²) < 4.78 is 7.69. The lowest BCUT2D eigenvalue weighted by Gasteiger charge is -2.36. The van der Waals surface area contributed by atoms with E-state index in [9.17, 15) is 4.79 Å². The quantitative estimate of drug-likeness (QED) is 0.269. The third-order valence-electron chi connectivity index (χ3n) is 4.52. The molecule has 0 spiro atoms. The van der Waals surface area contributed by atoms with Crippen LogP contribution in [0.1, 0.15) is 19.4 Å². The number of rotatable bonds is 7. The molecule has 2 aromatic carbocycles. The maximum atomic E-state index is 13.0. The van der Waals surface area contributed by atoms with E-state index >= 15 is 0 Å². The summed E-state index contributed by atoms with van der Waals surface area (Å²) in [6, 6.07) is 19.7. The minimum Gasteiger partial charge on any atom is -0.462 e. The van der Waals surface area contributed by atoms with Crippen LogP contribution in [0.5, 0.6) is 0 Å². The summed E-state index contributed by atoms with van der Waals surface area (Å²) in [4.78, 5) is 17.8.